The molecule has 0 atom stereocenters. The average Bonchev–Trinajstić information content (AvgIpc) is 3.25. The van der Waals surface area contributed by atoms with Crippen LogP contribution in [0.4, 0.5) is 5.82 Å². The number of carbonyl (C=O) groups excluding carboxylic acids is 1. The summed E-state index contributed by atoms with van der Waals surface area (Å²) < 4.78 is 2.10. The van der Waals surface area contributed by atoms with Gasteiger partial charge in [0.2, 0.25) is 0 Å². The first kappa shape index (κ1) is 13.8. The Bertz CT molecular complexity index is 817. The summed E-state index contributed by atoms with van der Waals surface area (Å²) >= 11 is 0. The predicted octanol–water partition coefficient (Wildman–Crippen LogP) is 2.86. The van der Waals surface area contributed by atoms with Gasteiger partial charge in [-0.1, -0.05) is 12.1 Å². The van der Waals surface area contributed by atoms with E-state index in [0.717, 1.165) is 42.3 Å². The van der Waals surface area contributed by atoms with Crippen LogP contribution in [0.15, 0.2) is 42.7 Å². The summed E-state index contributed by atoms with van der Waals surface area (Å²) in [6.07, 6.45) is 6.73. The second kappa shape index (κ2) is 5.72. The number of rotatable bonds is 3. The normalized spacial score (nSPS) is 13.6. The van der Waals surface area contributed by atoms with E-state index in [2.05, 4.69) is 25.1 Å². The van der Waals surface area contributed by atoms with Crippen molar-refractivity contribution in [3.8, 4) is 11.3 Å². The molecule has 116 valence electrons. The summed E-state index contributed by atoms with van der Waals surface area (Å²) in [6.45, 7) is 0.920. The molecule has 1 aliphatic heterocycles. The van der Waals surface area contributed by atoms with E-state index in [1.165, 1.54) is 6.42 Å². The Kier molecular flexibility index (Phi) is 3.42. The minimum absolute atomic E-state index is 0.116. The number of fused-ring (bicyclic) bond motifs is 1. The molecule has 3 aromatic rings. The third-order valence-electron chi connectivity index (χ3n) is 4.17. The SMILES string of the molecule is O=C(Nc1cnc2n1CCCC2)c1ccc(-c2ccn[nH]2)cc1. The monoisotopic (exact) mass is 307 g/mol. The zero-order valence-corrected chi connectivity index (χ0v) is 12.6. The highest BCUT2D eigenvalue weighted by Crippen LogP contribution is 2.21. The van der Waals surface area contributed by atoms with Gasteiger partial charge < -0.3 is 9.88 Å². The van der Waals surface area contributed by atoms with Crippen molar-refractivity contribution in [2.75, 3.05) is 5.32 Å². The van der Waals surface area contributed by atoms with Crippen LogP contribution in [0.5, 0.6) is 0 Å². The summed E-state index contributed by atoms with van der Waals surface area (Å²) in [7, 11) is 0. The summed E-state index contributed by atoms with van der Waals surface area (Å²) in [5.74, 6) is 1.72. The van der Waals surface area contributed by atoms with Gasteiger partial charge in [-0.05, 0) is 36.6 Å². The van der Waals surface area contributed by atoms with Gasteiger partial charge in [0.25, 0.3) is 5.91 Å². The van der Waals surface area contributed by atoms with E-state index < -0.39 is 0 Å². The maximum atomic E-state index is 12.4. The van der Waals surface area contributed by atoms with Crippen molar-refractivity contribution in [1.29, 1.82) is 0 Å². The molecule has 1 aromatic carbocycles. The number of H-pyrrole nitrogens is 1. The highest BCUT2D eigenvalue weighted by Gasteiger charge is 2.16. The number of amides is 1. The number of carbonyl (C=O) groups is 1. The zero-order valence-electron chi connectivity index (χ0n) is 12.6. The molecule has 0 unspecified atom stereocenters. The van der Waals surface area contributed by atoms with E-state index in [4.69, 9.17) is 0 Å². The quantitative estimate of drug-likeness (QED) is 0.781. The lowest BCUT2D eigenvalue weighted by Gasteiger charge is -2.16. The molecule has 1 amide bonds. The number of aromatic nitrogens is 4. The largest absolute Gasteiger partial charge is 0.315 e. The molecule has 6 nitrogen and oxygen atoms in total. The van der Waals surface area contributed by atoms with Crippen LogP contribution < -0.4 is 5.32 Å². The van der Waals surface area contributed by atoms with Crippen molar-refractivity contribution in [2.45, 2.75) is 25.8 Å². The van der Waals surface area contributed by atoms with Crippen LogP contribution in [0.3, 0.4) is 0 Å². The van der Waals surface area contributed by atoms with Gasteiger partial charge in [0, 0.05) is 24.7 Å². The Balaban J connectivity index is 1.52. The third-order valence-corrected chi connectivity index (χ3v) is 4.17. The first-order valence-electron chi connectivity index (χ1n) is 7.77. The second-order valence-electron chi connectivity index (χ2n) is 5.67. The maximum absolute atomic E-state index is 12.4. The Labute approximate surface area is 133 Å². The number of aromatic amines is 1. The number of hydrogen-bond acceptors (Lipinski definition) is 3. The van der Waals surface area contributed by atoms with Crippen LogP contribution in [0, 0.1) is 0 Å². The smallest absolute Gasteiger partial charge is 0.256 e. The molecule has 3 heterocycles. The minimum Gasteiger partial charge on any atom is -0.315 e. The molecule has 2 aromatic heterocycles. The number of imidazole rings is 1. The van der Waals surface area contributed by atoms with Crippen LogP contribution in [0.2, 0.25) is 0 Å². The zero-order chi connectivity index (χ0) is 15.6. The van der Waals surface area contributed by atoms with Gasteiger partial charge in [-0.25, -0.2) is 4.98 Å². The standard InChI is InChI=1S/C17H17N5O/c23-17(20-16-11-18-15-3-1-2-10-22(15)16)13-6-4-12(5-7-13)14-8-9-19-21-14/h4-9,11H,1-3,10H2,(H,19,21)(H,20,23). The molecule has 0 saturated carbocycles. The van der Waals surface area contributed by atoms with Gasteiger partial charge >= 0.3 is 0 Å². The molecule has 4 rings (SSSR count). The van der Waals surface area contributed by atoms with Crippen molar-refractivity contribution in [2.24, 2.45) is 0 Å². The van der Waals surface area contributed by atoms with E-state index >= 15 is 0 Å². The Morgan fingerprint density at radius 1 is 1.17 bits per heavy atom. The number of nitrogens with zero attached hydrogens (tertiary/aromatic N) is 3. The van der Waals surface area contributed by atoms with E-state index in [0.29, 0.717) is 5.56 Å². The first-order valence-corrected chi connectivity index (χ1v) is 7.77. The van der Waals surface area contributed by atoms with Crippen LogP contribution in [-0.4, -0.2) is 25.7 Å². The molecular formula is C17H17N5O. The second-order valence-corrected chi connectivity index (χ2v) is 5.67. The van der Waals surface area contributed by atoms with Gasteiger partial charge in [0.15, 0.2) is 0 Å². The molecule has 0 saturated heterocycles. The molecule has 0 spiro atoms. The first-order chi connectivity index (χ1) is 11.3. The summed E-state index contributed by atoms with van der Waals surface area (Å²) in [4.78, 5) is 16.8. The third kappa shape index (κ3) is 2.63. The fourth-order valence-electron chi connectivity index (χ4n) is 2.92. The van der Waals surface area contributed by atoms with Crippen molar-refractivity contribution in [3.63, 3.8) is 0 Å². The van der Waals surface area contributed by atoms with Gasteiger partial charge in [0.1, 0.15) is 11.6 Å². The molecule has 2 N–H and O–H groups in total. The predicted molar refractivity (Wildman–Crippen MR) is 87.1 cm³/mol. The number of benzene rings is 1. The number of anilines is 1. The Hall–Kier alpha value is -2.89. The molecular weight excluding hydrogens is 290 g/mol. The molecule has 0 aliphatic carbocycles. The summed E-state index contributed by atoms with van der Waals surface area (Å²) in [5.41, 5.74) is 2.56. The fraction of sp³-hybridized carbons (Fsp3) is 0.235. The van der Waals surface area contributed by atoms with Gasteiger partial charge in [-0.2, -0.15) is 5.10 Å². The number of nitrogens with one attached hydrogen (secondary N) is 2. The highest BCUT2D eigenvalue weighted by atomic mass is 16.1. The fourth-order valence-corrected chi connectivity index (χ4v) is 2.92. The van der Waals surface area contributed by atoms with Gasteiger partial charge in [0.05, 0.1) is 11.9 Å². The summed E-state index contributed by atoms with van der Waals surface area (Å²) in [5, 5.41) is 9.81. The van der Waals surface area contributed by atoms with Crippen LogP contribution in [0.1, 0.15) is 29.0 Å². The lowest BCUT2D eigenvalue weighted by Crippen LogP contribution is -2.18. The topological polar surface area (TPSA) is 75.6 Å². The van der Waals surface area contributed by atoms with Gasteiger partial charge in [-0.15, -0.1) is 0 Å². The van der Waals surface area contributed by atoms with E-state index in [9.17, 15) is 4.79 Å². The maximum Gasteiger partial charge on any atom is 0.256 e. The number of hydrogen-bond donors (Lipinski definition) is 2. The Morgan fingerprint density at radius 2 is 2.04 bits per heavy atom. The minimum atomic E-state index is -0.116. The summed E-state index contributed by atoms with van der Waals surface area (Å²) in [6, 6.07) is 9.36. The van der Waals surface area contributed by atoms with Crippen LogP contribution >= 0.6 is 0 Å². The lowest BCUT2D eigenvalue weighted by atomic mass is 10.1. The van der Waals surface area contributed by atoms with Crippen molar-refractivity contribution in [3.05, 3.63) is 54.1 Å². The molecule has 0 fully saturated rings. The average molecular weight is 307 g/mol. The van der Waals surface area contributed by atoms with Gasteiger partial charge in [-0.3, -0.25) is 9.89 Å². The molecule has 0 bridgehead atoms. The van der Waals surface area contributed by atoms with E-state index in [-0.39, 0.29) is 5.91 Å². The van der Waals surface area contributed by atoms with Crippen LogP contribution in [0.25, 0.3) is 11.3 Å². The van der Waals surface area contributed by atoms with E-state index in [1.807, 2.05) is 30.3 Å². The van der Waals surface area contributed by atoms with Crippen molar-refractivity contribution < 1.29 is 4.79 Å². The molecule has 1 aliphatic rings. The van der Waals surface area contributed by atoms with Crippen molar-refractivity contribution >= 4 is 11.7 Å². The van der Waals surface area contributed by atoms with Crippen molar-refractivity contribution in [1.82, 2.24) is 19.7 Å². The highest BCUT2D eigenvalue weighted by molar-refractivity contribution is 6.04. The van der Waals surface area contributed by atoms with Crippen LogP contribution in [-0.2, 0) is 13.0 Å². The molecule has 6 heteroatoms. The lowest BCUT2D eigenvalue weighted by molar-refractivity contribution is 0.102. The molecule has 0 radical (unpaired) electrons. The molecule has 23 heavy (non-hydrogen) atoms. The Morgan fingerprint density at radius 3 is 2.83 bits per heavy atom. The van der Waals surface area contributed by atoms with E-state index in [1.54, 1.807) is 12.4 Å². The number of aryl methyl sites for hydroxylation is 1.